The number of hydrogen-bond acceptors (Lipinski definition) is 6. The van der Waals surface area contributed by atoms with Gasteiger partial charge in [-0.25, -0.2) is 4.98 Å². The molecule has 1 aliphatic rings. The molecule has 0 bridgehead atoms. The van der Waals surface area contributed by atoms with Crippen LogP contribution in [0.3, 0.4) is 0 Å². The first-order valence-electron chi connectivity index (χ1n) is 8.77. The number of likely N-dealkylation sites (N-methyl/N-ethyl adjacent to an activating group) is 1. The molecule has 2 aromatic rings. The zero-order valence-corrected chi connectivity index (χ0v) is 15.1. The van der Waals surface area contributed by atoms with E-state index in [-0.39, 0.29) is 0 Å². The standard InChI is InChI=1S/C19H27N5O/c1-23(10-11-25-2)19-6-5-16(12-22-19)15-24-9-8-21-14-18(24)17-4-3-7-20-13-17/h3-7,12-13,18,21H,8-11,14-15H2,1-2H3. The number of rotatable bonds is 7. The van der Waals surface area contributed by atoms with Crippen LogP contribution in [0.5, 0.6) is 0 Å². The maximum atomic E-state index is 5.12. The van der Waals surface area contributed by atoms with E-state index in [1.54, 1.807) is 7.11 Å². The summed E-state index contributed by atoms with van der Waals surface area (Å²) >= 11 is 0. The fourth-order valence-corrected chi connectivity index (χ4v) is 3.15. The normalized spacial score (nSPS) is 18.2. The third-order valence-electron chi connectivity index (χ3n) is 4.64. The second kappa shape index (κ2) is 8.89. The molecule has 0 aliphatic carbocycles. The van der Waals surface area contributed by atoms with Gasteiger partial charge < -0.3 is 15.0 Å². The first-order valence-corrected chi connectivity index (χ1v) is 8.77. The van der Waals surface area contributed by atoms with Gasteiger partial charge in [0.1, 0.15) is 5.82 Å². The molecule has 3 heterocycles. The molecular weight excluding hydrogens is 314 g/mol. The number of ether oxygens (including phenoxy) is 1. The molecule has 6 nitrogen and oxygen atoms in total. The molecule has 0 aromatic carbocycles. The number of methoxy groups -OCH3 is 1. The van der Waals surface area contributed by atoms with Crippen LogP contribution in [0.25, 0.3) is 0 Å². The van der Waals surface area contributed by atoms with Crippen LogP contribution in [0, 0.1) is 0 Å². The van der Waals surface area contributed by atoms with E-state index in [9.17, 15) is 0 Å². The van der Waals surface area contributed by atoms with E-state index in [2.05, 4.69) is 43.3 Å². The van der Waals surface area contributed by atoms with Crippen LogP contribution >= 0.6 is 0 Å². The summed E-state index contributed by atoms with van der Waals surface area (Å²) in [6, 6.07) is 8.78. The van der Waals surface area contributed by atoms with Crippen LogP contribution in [0.4, 0.5) is 5.82 Å². The van der Waals surface area contributed by atoms with Crippen molar-refractivity contribution in [3.63, 3.8) is 0 Å². The topological polar surface area (TPSA) is 53.5 Å². The molecule has 1 aliphatic heterocycles. The van der Waals surface area contributed by atoms with E-state index in [0.29, 0.717) is 12.6 Å². The van der Waals surface area contributed by atoms with E-state index in [1.807, 2.05) is 31.7 Å². The van der Waals surface area contributed by atoms with Gasteiger partial charge >= 0.3 is 0 Å². The summed E-state index contributed by atoms with van der Waals surface area (Å²) in [6.45, 7) is 5.43. The molecule has 0 amide bonds. The van der Waals surface area contributed by atoms with Gasteiger partial charge in [-0.15, -0.1) is 0 Å². The Morgan fingerprint density at radius 1 is 1.32 bits per heavy atom. The number of hydrogen-bond donors (Lipinski definition) is 1. The Morgan fingerprint density at radius 3 is 2.96 bits per heavy atom. The summed E-state index contributed by atoms with van der Waals surface area (Å²) in [5.74, 6) is 0.977. The Kier molecular flexibility index (Phi) is 6.33. The van der Waals surface area contributed by atoms with Gasteiger partial charge in [-0.2, -0.15) is 0 Å². The molecule has 3 rings (SSSR count). The van der Waals surface area contributed by atoms with E-state index < -0.39 is 0 Å². The molecule has 134 valence electrons. The molecule has 2 aromatic heterocycles. The van der Waals surface area contributed by atoms with Crippen molar-refractivity contribution >= 4 is 5.82 Å². The molecule has 0 saturated carbocycles. The highest BCUT2D eigenvalue weighted by molar-refractivity contribution is 5.38. The van der Waals surface area contributed by atoms with Crippen LogP contribution in [0.15, 0.2) is 42.9 Å². The van der Waals surface area contributed by atoms with Gasteiger partial charge in [0.2, 0.25) is 0 Å². The van der Waals surface area contributed by atoms with E-state index in [4.69, 9.17) is 4.74 Å². The third-order valence-corrected chi connectivity index (χ3v) is 4.64. The lowest BCUT2D eigenvalue weighted by Crippen LogP contribution is -2.45. The number of nitrogens with zero attached hydrogens (tertiary/aromatic N) is 4. The molecule has 0 radical (unpaired) electrons. The minimum Gasteiger partial charge on any atom is -0.383 e. The molecule has 1 fully saturated rings. The predicted molar refractivity (Wildman–Crippen MR) is 99.6 cm³/mol. The number of pyridine rings is 2. The highest BCUT2D eigenvalue weighted by Crippen LogP contribution is 2.23. The zero-order valence-electron chi connectivity index (χ0n) is 15.1. The molecule has 1 atom stereocenters. The summed E-state index contributed by atoms with van der Waals surface area (Å²) in [4.78, 5) is 13.5. The van der Waals surface area contributed by atoms with E-state index in [1.165, 1.54) is 11.1 Å². The Morgan fingerprint density at radius 2 is 2.24 bits per heavy atom. The van der Waals surface area contributed by atoms with Gasteiger partial charge in [0.25, 0.3) is 0 Å². The van der Waals surface area contributed by atoms with E-state index >= 15 is 0 Å². The largest absolute Gasteiger partial charge is 0.383 e. The van der Waals surface area contributed by atoms with Crippen LogP contribution in [0.2, 0.25) is 0 Å². The van der Waals surface area contributed by atoms with Crippen LogP contribution in [-0.2, 0) is 11.3 Å². The fourth-order valence-electron chi connectivity index (χ4n) is 3.15. The molecule has 25 heavy (non-hydrogen) atoms. The van der Waals surface area contributed by atoms with Crippen molar-refractivity contribution in [3.05, 3.63) is 54.0 Å². The SMILES string of the molecule is COCCN(C)c1ccc(CN2CCNCC2c2cccnc2)cn1. The van der Waals surface area contributed by atoms with Crippen LogP contribution in [0.1, 0.15) is 17.2 Å². The molecule has 0 spiro atoms. The Balaban J connectivity index is 1.66. The maximum Gasteiger partial charge on any atom is 0.128 e. The lowest BCUT2D eigenvalue weighted by molar-refractivity contribution is 0.153. The predicted octanol–water partition coefficient (Wildman–Crippen LogP) is 1.71. The number of anilines is 1. The molecule has 1 N–H and O–H groups in total. The average molecular weight is 341 g/mol. The Bertz CT molecular complexity index is 634. The lowest BCUT2D eigenvalue weighted by atomic mass is 10.0. The van der Waals surface area contributed by atoms with Crippen molar-refractivity contribution in [3.8, 4) is 0 Å². The highest BCUT2D eigenvalue weighted by Gasteiger charge is 2.23. The second-order valence-electron chi connectivity index (χ2n) is 6.42. The number of aromatic nitrogens is 2. The van der Waals surface area contributed by atoms with Crippen LogP contribution in [-0.4, -0.2) is 61.8 Å². The van der Waals surface area contributed by atoms with Gasteiger partial charge in [0, 0.05) is 71.5 Å². The minimum absolute atomic E-state index is 0.353. The summed E-state index contributed by atoms with van der Waals surface area (Å²) < 4.78 is 5.12. The molecular formula is C19H27N5O. The van der Waals surface area contributed by atoms with Gasteiger partial charge in [-0.3, -0.25) is 9.88 Å². The van der Waals surface area contributed by atoms with Crippen molar-refractivity contribution in [2.45, 2.75) is 12.6 Å². The highest BCUT2D eigenvalue weighted by atomic mass is 16.5. The average Bonchev–Trinajstić information content (AvgIpc) is 2.68. The monoisotopic (exact) mass is 341 g/mol. The molecule has 6 heteroatoms. The van der Waals surface area contributed by atoms with Gasteiger partial charge in [-0.05, 0) is 23.3 Å². The van der Waals surface area contributed by atoms with Gasteiger partial charge in [0.05, 0.1) is 6.61 Å². The summed E-state index contributed by atoms with van der Waals surface area (Å²) in [7, 11) is 3.76. The lowest BCUT2D eigenvalue weighted by Gasteiger charge is -2.36. The summed E-state index contributed by atoms with van der Waals surface area (Å²) in [5.41, 5.74) is 2.50. The fraction of sp³-hybridized carbons (Fsp3) is 0.474. The van der Waals surface area contributed by atoms with Crippen molar-refractivity contribution in [2.24, 2.45) is 0 Å². The van der Waals surface area contributed by atoms with Crippen LogP contribution < -0.4 is 10.2 Å². The first-order chi connectivity index (χ1) is 12.3. The summed E-state index contributed by atoms with van der Waals surface area (Å²) in [6.07, 6.45) is 5.78. The maximum absolute atomic E-state index is 5.12. The number of nitrogens with one attached hydrogen (secondary N) is 1. The third kappa shape index (κ3) is 4.75. The number of piperazine rings is 1. The van der Waals surface area contributed by atoms with Crippen molar-refractivity contribution in [1.29, 1.82) is 0 Å². The quantitative estimate of drug-likeness (QED) is 0.827. The molecule has 1 saturated heterocycles. The van der Waals surface area contributed by atoms with Gasteiger partial charge in [-0.1, -0.05) is 12.1 Å². The summed E-state index contributed by atoms with van der Waals surface area (Å²) in [5, 5.41) is 3.49. The van der Waals surface area contributed by atoms with Crippen molar-refractivity contribution in [1.82, 2.24) is 20.2 Å². The smallest absolute Gasteiger partial charge is 0.128 e. The molecule has 1 unspecified atom stereocenters. The Labute approximate surface area is 149 Å². The second-order valence-corrected chi connectivity index (χ2v) is 6.42. The van der Waals surface area contributed by atoms with Crippen molar-refractivity contribution in [2.75, 3.05) is 51.8 Å². The van der Waals surface area contributed by atoms with E-state index in [0.717, 1.165) is 38.5 Å². The van der Waals surface area contributed by atoms with Crippen molar-refractivity contribution < 1.29 is 4.74 Å². The Hall–Kier alpha value is -2.02. The van der Waals surface area contributed by atoms with Gasteiger partial charge in [0.15, 0.2) is 0 Å². The zero-order chi connectivity index (χ0) is 17.5. The minimum atomic E-state index is 0.353. The first kappa shape index (κ1) is 17.8.